The average Bonchev–Trinajstić information content (AvgIpc) is 2.29. The van der Waals surface area contributed by atoms with E-state index in [1.54, 1.807) is 13.2 Å². The number of hydrogen-bond acceptors (Lipinski definition) is 5. The van der Waals surface area contributed by atoms with Crippen molar-refractivity contribution in [3.8, 4) is 17.4 Å². The van der Waals surface area contributed by atoms with Crippen molar-refractivity contribution < 1.29 is 4.74 Å². The summed E-state index contributed by atoms with van der Waals surface area (Å²) in [7, 11) is 1.55. The smallest absolute Gasteiger partial charge is 0.217 e. The largest absolute Gasteiger partial charge is 0.481 e. The van der Waals surface area contributed by atoms with Crippen LogP contribution < -0.4 is 4.74 Å². The van der Waals surface area contributed by atoms with Crippen LogP contribution >= 0.6 is 0 Å². The molecule has 0 atom stereocenters. The molecular formula is C10H9N4O. The number of nitrogens with zero attached hydrogens (tertiary/aromatic N) is 4. The zero-order chi connectivity index (χ0) is 10.7. The highest BCUT2D eigenvalue weighted by atomic mass is 16.5. The van der Waals surface area contributed by atoms with E-state index in [1.807, 2.05) is 13.0 Å². The number of hydrogen-bond donors (Lipinski definition) is 0. The minimum absolute atomic E-state index is 0.469. The van der Waals surface area contributed by atoms with Gasteiger partial charge >= 0.3 is 0 Å². The van der Waals surface area contributed by atoms with Crippen molar-refractivity contribution in [1.29, 1.82) is 0 Å². The second-order valence-electron chi connectivity index (χ2n) is 2.91. The third-order valence-corrected chi connectivity index (χ3v) is 1.82. The predicted octanol–water partition coefficient (Wildman–Crippen LogP) is 1.05. The number of ether oxygens (including phenoxy) is 1. The molecule has 0 spiro atoms. The van der Waals surface area contributed by atoms with E-state index in [1.165, 1.54) is 6.33 Å². The molecule has 0 aliphatic heterocycles. The van der Waals surface area contributed by atoms with E-state index < -0.39 is 0 Å². The van der Waals surface area contributed by atoms with Crippen molar-refractivity contribution in [1.82, 2.24) is 19.9 Å². The lowest BCUT2D eigenvalue weighted by Crippen LogP contribution is -1.96. The summed E-state index contributed by atoms with van der Waals surface area (Å²) in [6.07, 6.45) is 4.18. The lowest BCUT2D eigenvalue weighted by Gasteiger charge is -2.01. The Morgan fingerprint density at radius 2 is 2.20 bits per heavy atom. The molecule has 0 aliphatic carbocycles. The Bertz CT molecular complexity index is 472. The Kier molecular flexibility index (Phi) is 2.53. The molecule has 0 bridgehead atoms. The SMILES string of the molecule is COc1c[c]nc(-c2cc(C)ncn2)n1. The third-order valence-electron chi connectivity index (χ3n) is 1.82. The van der Waals surface area contributed by atoms with Crippen molar-refractivity contribution in [2.45, 2.75) is 6.92 Å². The lowest BCUT2D eigenvalue weighted by molar-refractivity contribution is 0.397. The van der Waals surface area contributed by atoms with Crippen LogP contribution in [0.5, 0.6) is 5.88 Å². The molecule has 75 valence electrons. The fraction of sp³-hybridized carbons (Fsp3) is 0.200. The van der Waals surface area contributed by atoms with Crippen molar-refractivity contribution in [2.24, 2.45) is 0 Å². The highest BCUT2D eigenvalue weighted by Gasteiger charge is 2.04. The molecule has 0 aliphatic rings. The second kappa shape index (κ2) is 4.00. The van der Waals surface area contributed by atoms with Crippen molar-refractivity contribution in [3.05, 3.63) is 30.4 Å². The Morgan fingerprint density at radius 1 is 1.33 bits per heavy atom. The molecule has 5 heteroatoms. The van der Waals surface area contributed by atoms with Crippen LogP contribution in [-0.4, -0.2) is 27.0 Å². The van der Waals surface area contributed by atoms with Crippen LogP contribution in [0.1, 0.15) is 5.69 Å². The molecule has 0 saturated carbocycles. The van der Waals surface area contributed by atoms with E-state index in [4.69, 9.17) is 4.74 Å². The molecule has 0 amide bonds. The van der Waals surface area contributed by atoms with E-state index >= 15 is 0 Å². The van der Waals surface area contributed by atoms with E-state index in [-0.39, 0.29) is 0 Å². The van der Waals surface area contributed by atoms with Gasteiger partial charge in [0.2, 0.25) is 5.88 Å². The molecule has 2 aromatic rings. The summed E-state index contributed by atoms with van der Waals surface area (Å²) < 4.78 is 4.98. The normalized spacial score (nSPS) is 10.0. The van der Waals surface area contributed by atoms with Gasteiger partial charge in [-0.05, 0) is 13.0 Å². The molecule has 1 radical (unpaired) electrons. The zero-order valence-corrected chi connectivity index (χ0v) is 8.43. The molecule has 15 heavy (non-hydrogen) atoms. The fourth-order valence-corrected chi connectivity index (χ4v) is 1.11. The quantitative estimate of drug-likeness (QED) is 0.726. The van der Waals surface area contributed by atoms with Gasteiger partial charge in [0.15, 0.2) is 5.82 Å². The topological polar surface area (TPSA) is 60.8 Å². The predicted molar refractivity (Wildman–Crippen MR) is 53.2 cm³/mol. The van der Waals surface area contributed by atoms with Gasteiger partial charge in [-0.3, -0.25) is 0 Å². The molecular weight excluding hydrogens is 192 g/mol. The van der Waals surface area contributed by atoms with Crippen LogP contribution in [0.25, 0.3) is 11.5 Å². The Labute approximate surface area is 87.2 Å². The van der Waals surface area contributed by atoms with Gasteiger partial charge in [0.25, 0.3) is 0 Å². The summed E-state index contributed by atoms with van der Waals surface area (Å²) in [4.78, 5) is 16.2. The Morgan fingerprint density at radius 3 is 2.93 bits per heavy atom. The first-order chi connectivity index (χ1) is 7.29. The average molecular weight is 201 g/mol. The van der Waals surface area contributed by atoms with E-state index in [2.05, 4.69) is 26.1 Å². The molecule has 0 unspecified atom stereocenters. The standard InChI is InChI=1S/C10H9N4O/c1-7-5-8(13-6-12-7)10-11-4-3-9(14-10)15-2/h3,5-6H,1-2H3. The first-order valence-electron chi connectivity index (χ1n) is 4.38. The highest BCUT2D eigenvalue weighted by molar-refractivity contribution is 5.49. The fourth-order valence-electron chi connectivity index (χ4n) is 1.11. The number of aryl methyl sites for hydroxylation is 1. The van der Waals surface area contributed by atoms with Gasteiger partial charge in [-0.15, -0.1) is 0 Å². The summed E-state index contributed by atoms with van der Waals surface area (Å²) in [6.45, 7) is 1.88. The van der Waals surface area contributed by atoms with Gasteiger partial charge in [0.05, 0.1) is 13.3 Å². The number of aromatic nitrogens is 4. The molecule has 5 nitrogen and oxygen atoms in total. The molecule has 2 aromatic heterocycles. The lowest BCUT2D eigenvalue weighted by atomic mass is 10.3. The molecule has 0 saturated heterocycles. The summed E-state index contributed by atoms with van der Waals surface area (Å²) in [5.41, 5.74) is 1.53. The van der Waals surface area contributed by atoms with Gasteiger partial charge in [0, 0.05) is 11.8 Å². The van der Waals surface area contributed by atoms with Crippen LogP contribution in [0.3, 0.4) is 0 Å². The summed E-state index contributed by atoms with van der Waals surface area (Å²) >= 11 is 0. The second-order valence-corrected chi connectivity index (χ2v) is 2.91. The van der Waals surface area contributed by atoms with Crippen LogP contribution in [0, 0.1) is 13.1 Å². The van der Waals surface area contributed by atoms with Gasteiger partial charge in [0.1, 0.15) is 12.0 Å². The summed E-state index contributed by atoms with van der Waals surface area (Å²) in [5.74, 6) is 0.955. The Hall–Kier alpha value is -2.04. The molecule has 0 aromatic carbocycles. The van der Waals surface area contributed by atoms with Gasteiger partial charge in [-0.2, -0.15) is 4.98 Å². The first kappa shape index (κ1) is 9.51. The maximum absolute atomic E-state index is 4.98. The van der Waals surface area contributed by atoms with Gasteiger partial charge in [-0.25, -0.2) is 15.0 Å². The number of methoxy groups -OCH3 is 1. The van der Waals surface area contributed by atoms with Crippen LogP contribution in [0.4, 0.5) is 0 Å². The highest BCUT2D eigenvalue weighted by Crippen LogP contribution is 2.14. The van der Waals surface area contributed by atoms with Crippen LogP contribution in [0.15, 0.2) is 18.5 Å². The van der Waals surface area contributed by atoms with Gasteiger partial charge < -0.3 is 4.74 Å². The van der Waals surface area contributed by atoms with Crippen molar-refractivity contribution in [3.63, 3.8) is 0 Å². The maximum atomic E-state index is 4.98. The van der Waals surface area contributed by atoms with Crippen molar-refractivity contribution >= 4 is 0 Å². The van der Waals surface area contributed by atoms with Crippen molar-refractivity contribution in [2.75, 3.05) is 7.11 Å². The van der Waals surface area contributed by atoms with Gasteiger partial charge in [-0.1, -0.05) is 0 Å². The monoisotopic (exact) mass is 201 g/mol. The molecule has 0 N–H and O–H groups in total. The summed E-state index contributed by atoms with van der Waals surface area (Å²) in [5, 5.41) is 0. The molecule has 0 fully saturated rings. The zero-order valence-electron chi connectivity index (χ0n) is 8.43. The minimum Gasteiger partial charge on any atom is -0.481 e. The van der Waals surface area contributed by atoms with Crippen LogP contribution in [-0.2, 0) is 0 Å². The minimum atomic E-state index is 0.469. The third kappa shape index (κ3) is 2.07. The first-order valence-corrected chi connectivity index (χ1v) is 4.38. The number of rotatable bonds is 2. The van der Waals surface area contributed by atoms with E-state index in [0.717, 1.165) is 5.69 Å². The molecule has 2 heterocycles. The van der Waals surface area contributed by atoms with E-state index in [9.17, 15) is 0 Å². The maximum Gasteiger partial charge on any atom is 0.217 e. The Balaban J connectivity index is 2.44. The summed E-state index contributed by atoms with van der Waals surface area (Å²) in [6, 6.07) is 3.38. The molecule has 2 rings (SSSR count). The van der Waals surface area contributed by atoms with Crippen LogP contribution in [0.2, 0.25) is 0 Å². The van der Waals surface area contributed by atoms with E-state index in [0.29, 0.717) is 17.4 Å².